The number of carbonyl (C=O) groups is 2. The first kappa shape index (κ1) is 17.9. The second-order valence-corrected chi connectivity index (χ2v) is 7.29. The molecule has 1 N–H and O–H groups in total. The van der Waals surface area contributed by atoms with Crippen molar-refractivity contribution in [2.75, 3.05) is 13.1 Å². The van der Waals surface area contributed by atoms with E-state index in [0.717, 1.165) is 25.0 Å². The average molecular weight is 343 g/mol. The number of piperidine rings is 1. The number of hydrogen-bond donors (Lipinski definition) is 1. The molecule has 25 heavy (non-hydrogen) atoms. The first-order chi connectivity index (χ1) is 12.2. The van der Waals surface area contributed by atoms with E-state index in [2.05, 4.69) is 10.3 Å². The van der Waals surface area contributed by atoms with E-state index in [0.29, 0.717) is 32.0 Å². The zero-order valence-corrected chi connectivity index (χ0v) is 15.0. The molecule has 5 heteroatoms. The number of rotatable bonds is 5. The van der Waals surface area contributed by atoms with Crippen molar-refractivity contribution < 1.29 is 9.59 Å². The second-order valence-electron chi connectivity index (χ2n) is 7.29. The van der Waals surface area contributed by atoms with E-state index in [1.54, 1.807) is 6.20 Å². The van der Waals surface area contributed by atoms with Gasteiger partial charge in [-0.2, -0.15) is 0 Å². The third-order valence-electron chi connectivity index (χ3n) is 5.49. The molecular weight excluding hydrogens is 314 g/mol. The molecule has 3 rings (SSSR count). The lowest BCUT2D eigenvalue weighted by Gasteiger charge is -2.37. The van der Waals surface area contributed by atoms with Crippen LogP contribution in [0, 0.1) is 5.92 Å². The quantitative estimate of drug-likeness (QED) is 0.836. The standard InChI is InChI=1S/C20H29N3O2/c24-19-11-10-16(15-23(19)18-8-3-1-2-4-9-18)20(25)22-14-12-17-7-5-6-13-21-17/h5-7,13,16,18H,1-4,8-12,14-15H2,(H,22,25)/t16-/m1/s1. The fourth-order valence-corrected chi connectivity index (χ4v) is 4.01. The minimum atomic E-state index is -0.0651. The molecule has 1 aromatic heterocycles. The molecule has 1 aromatic rings. The largest absolute Gasteiger partial charge is 0.355 e. The van der Waals surface area contributed by atoms with Crippen LogP contribution in [0.1, 0.15) is 57.1 Å². The predicted octanol–water partition coefficient (Wildman–Crippen LogP) is 2.70. The Hall–Kier alpha value is -1.91. The number of hydrogen-bond acceptors (Lipinski definition) is 3. The lowest BCUT2D eigenvalue weighted by molar-refractivity contribution is -0.141. The van der Waals surface area contributed by atoms with Crippen molar-refractivity contribution in [1.82, 2.24) is 15.2 Å². The van der Waals surface area contributed by atoms with Gasteiger partial charge in [0.25, 0.3) is 0 Å². The third kappa shape index (κ3) is 5.03. The van der Waals surface area contributed by atoms with Crippen LogP contribution in [0.4, 0.5) is 0 Å². The Kier molecular flexibility index (Phi) is 6.42. The molecule has 2 fully saturated rings. The van der Waals surface area contributed by atoms with Crippen molar-refractivity contribution >= 4 is 11.8 Å². The van der Waals surface area contributed by atoms with Crippen LogP contribution in [0.25, 0.3) is 0 Å². The molecule has 0 aromatic carbocycles. The predicted molar refractivity (Wildman–Crippen MR) is 96.9 cm³/mol. The minimum absolute atomic E-state index is 0.0651. The van der Waals surface area contributed by atoms with Gasteiger partial charge in [-0.05, 0) is 31.4 Å². The van der Waals surface area contributed by atoms with Crippen molar-refractivity contribution in [2.24, 2.45) is 5.92 Å². The van der Waals surface area contributed by atoms with Gasteiger partial charge in [-0.25, -0.2) is 0 Å². The number of aromatic nitrogens is 1. The number of likely N-dealkylation sites (tertiary alicyclic amines) is 1. The summed E-state index contributed by atoms with van der Waals surface area (Å²) in [6.45, 7) is 1.20. The molecule has 0 radical (unpaired) electrons. The molecule has 2 aliphatic rings. The summed E-state index contributed by atoms with van der Waals surface area (Å²) in [5, 5.41) is 3.03. The van der Waals surface area contributed by atoms with Crippen molar-refractivity contribution in [3.05, 3.63) is 30.1 Å². The van der Waals surface area contributed by atoms with Gasteiger partial charge in [-0.3, -0.25) is 14.6 Å². The molecule has 1 aliphatic carbocycles. The van der Waals surface area contributed by atoms with Crippen LogP contribution < -0.4 is 5.32 Å². The van der Waals surface area contributed by atoms with E-state index < -0.39 is 0 Å². The first-order valence-corrected chi connectivity index (χ1v) is 9.71. The van der Waals surface area contributed by atoms with Crippen molar-refractivity contribution in [1.29, 1.82) is 0 Å². The van der Waals surface area contributed by atoms with Crippen LogP contribution >= 0.6 is 0 Å². The van der Waals surface area contributed by atoms with Crippen LogP contribution in [0.3, 0.4) is 0 Å². The van der Waals surface area contributed by atoms with Gasteiger partial charge in [0.15, 0.2) is 0 Å². The van der Waals surface area contributed by atoms with Crippen molar-refractivity contribution in [3.63, 3.8) is 0 Å². The van der Waals surface area contributed by atoms with Crippen LogP contribution in [0.15, 0.2) is 24.4 Å². The summed E-state index contributed by atoms with van der Waals surface area (Å²) in [7, 11) is 0. The highest BCUT2D eigenvalue weighted by Crippen LogP contribution is 2.27. The molecule has 0 bridgehead atoms. The van der Waals surface area contributed by atoms with Crippen LogP contribution in [0.5, 0.6) is 0 Å². The summed E-state index contributed by atoms with van der Waals surface area (Å²) in [6, 6.07) is 6.17. The van der Waals surface area contributed by atoms with Crippen LogP contribution in [0.2, 0.25) is 0 Å². The number of nitrogens with zero attached hydrogens (tertiary/aromatic N) is 2. The van der Waals surface area contributed by atoms with Gasteiger partial charge in [0.1, 0.15) is 0 Å². The van der Waals surface area contributed by atoms with Crippen molar-refractivity contribution in [2.45, 2.75) is 63.8 Å². The monoisotopic (exact) mass is 343 g/mol. The second kappa shape index (κ2) is 8.97. The van der Waals surface area contributed by atoms with E-state index in [1.807, 2.05) is 23.1 Å². The average Bonchev–Trinajstić information content (AvgIpc) is 2.92. The summed E-state index contributed by atoms with van der Waals surface area (Å²) < 4.78 is 0. The summed E-state index contributed by atoms with van der Waals surface area (Å²) in [5.74, 6) is 0.260. The number of amides is 2. The molecule has 1 saturated heterocycles. The number of carbonyl (C=O) groups excluding carboxylic acids is 2. The van der Waals surface area contributed by atoms with Gasteiger partial charge >= 0.3 is 0 Å². The van der Waals surface area contributed by atoms with Crippen LogP contribution in [-0.2, 0) is 16.0 Å². The van der Waals surface area contributed by atoms with Gasteiger partial charge in [0.05, 0.1) is 5.92 Å². The van der Waals surface area contributed by atoms with Gasteiger partial charge in [0, 0.05) is 43.9 Å². The maximum atomic E-state index is 12.5. The third-order valence-corrected chi connectivity index (χ3v) is 5.49. The SMILES string of the molecule is O=C(NCCc1ccccn1)[C@@H]1CCC(=O)N(C2CCCCCC2)C1. The normalized spacial score (nSPS) is 22.5. The Bertz CT molecular complexity index is 568. The highest BCUT2D eigenvalue weighted by molar-refractivity contribution is 5.84. The summed E-state index contributed by atoms with van der Waals surface area (Å²) in [6.07, 6.45) is 10.8. The molecule has 1 aliphatic heterocycles. The van der Waals surface area contributed by atoms with Gasteiger partial charge < -0.3 is 10.2 Å². The zero-order valence-electron chi connectivity index (χ0n) is 15.0. The molecule has 0 unspecified atom stereocenters. The molecule has 1 atom stereocenters. The minimum Gasteiger partial charge on any atom is -0.355 e. The maximum absolute atomic E-state index is 12.5. The Balaban J connectivity index is 1.49. The summed E-state index contributed by atoms with van der Waals surface area (Å²) in [5.41, 5.74) is 0.988. The molecule has 2 amide bonds. The van der Waals surface area contributed by atoms with E-state index in [-0.39, 0.29) is 17.7 Å². The highest BCUT2D eigenvalue weighted by atomic mass is 16.2. The number of pyridine rings is 1. The van der Waals surface area contributed by atoms with Crippen LogP contribution in [-0.4, -0.2) is 40.8 Å². The maximum Gasteiger partial charge on any atom is 0.224 e. The lowest BCUT2D eigenvalue weighted by atomic mass is 9.93. The van der Waals surface area contributed by atoms with E-state index >= 15 is 0 Å². The van der Waals surface area contributed by atoms with Gasteiger partial charge in [-0.1, -0.05) is 31.7 Å². The lowest BCUT2D eigenvalue weighted by Crippen LogP contribution is -2.50. The van der Waals surface area contributed by atoms with E-state index in [9.17, 15) is 9.59 Å². The smallest absolute Gasteiger partial charge is 0.224 e. The Morgan fingerprint density at radius 1 is 1.16 bits per heavy atom. The van der Waals surface area contributed by atoms with E-state index in [4.69, 9.17) is 0 Å². The van der Waals surface area contributed by atoms with Gasteiger partial charge in [-0.15, -0.1) is 0 Å². The Labute approximate surface area is 150 Å². The topological polar surface area (TPSA) is 62.3 Å². The Morgan fingerprint density at radius 2 is 1.96 bits per heavy atom. The van der Waals surface area contributed by atoms with E-state index in [1.165, 1.54) is 25.7 Å². The molecule has 0 spiro atoms. The Morgan fingerprint density at radius 3 is 2.68 bits per heavy atom. The number of nitrogens with one attached hydrogen (secondary N) is 1. The molecule has 136 valence electrons. The zero-order chi connectivity index (χ0) is 17.5. The highest BCUT2D eigenvalue weighted by Gasteiger charge is 2.34. The molecule has 2 heterocycles. The van der Waals surface area contributed by atoms with Gasteiger partial charge in [0.2, 0.25) is 11.8 Å². The molecule has 5 nitrogen and oxygen atoms in total. The van der Waals surface area contributed by atoms with Crippen molar-refractivity contribution in [3.8, 4) is 0 Å². The molecule has 1 saturated carbocycles. The fourth-order valence-electron chi connectivity index (χ4n) is 4.01. The summed E-state index contributed by atoms with van der Waals surface area (Å²) >= 11 is 0. The molecular formula is C20H29N3O2. The first-order valence-electron chi connectivity index (χ1n) is 9.71. The summed E-state index contributed by atoms with van der Waals surface area (Å²) in [4.78, 5) is 31.2. The fraction of sp³-hybridized carbons (Fsp3) is 0.650.